The van der Waals surface area contributed by atoms with E-state index in [2.05, 4.69) is 15.3 Å². The van der Waals surface area contributed by atoms with Crippen LogP contribution < -0.4 is 19.7 Å². The first-order valence-electron chi connectivity index (χ1n) is 13.4. The Labute approximate surface area is 242 Å². The maximum Gasteiger partial charge on any atom is 0.473 e. The number of aliphatic imine (C=N–C) groups is 1. The number of rotatable bonds is 9. The second-order valence-electron chi connectivity index (χ2n) is 10.8. The molecule has 13 heteroatoms. The minimum absolute atomic E-state index is 0.0875. The first kappa shape index (κ1) is 32.4. The van der Waals surface area contributed by atoms with Gasteiger partial charge in [-0.1, -0.05) is 20.8 Å². The lowest BCUT2D eigenvalue weighted by molar-refractivity contribution is -0.169. The number of hydrogen-bond acceptors (Lipinski definition) is 7. The van der Waals surface area contributed by atoms with Gasteiger partial charge in [-0.3, -0.25) is 14.4 Å². The Bertz CT molecular complexity index is 1410. The number of halogens is 3. The van der Waals surface area contributed by atoms with Crippen LogP contribution in [0.1, 0.15) is 72.3 Å². The number of hydrogen-bond donors (Lipinski definition) is 1. The third kappa shape index (κ3) is 6.82. The molecule has 1 N–H and O–H groups in total. The Morgan fingerprint density at radius 3 is 2.24 bits per heavy atom. The number of aromatic nitrogens is 1. The first-order chi connectivity index (χ1) is 19.5. The van der Waals surface area contributed by atoms with Crippen LogP contribution >= 0.6 is 0 Å². The van der Waals surface area contributed by atoms with Crippen molar-refractivity contribution in [3.63, 3.8) is 0 Å². The molecule has 1 aromatic heterocycles. The van der Waals surface area contributed by atoms with E-state index in [-0.39, 0.29) is 30.3 Å². The van der Waals surface area contributed by atoms with Crippen molar-refractivity contribution in [1.82, 2.24) is 15.2 Å². The van der Waals surface area contributed by atoms with E-state index in [4.69, 9.17) is 9.47 Å². The van der Waals surface area contributed by atoms with Gasteiger partial charge in [-0.05, 0) is 37.5 Å². The van der Waals surface area contributed by atoms with Crippen molar-refractivity contribution in [3.05, 3.63) is 46.3 Å². The van der Waals surface area contributed by atoms with Gasteiger partial charge in [0.1, 0.15) is 11.4 Å². The van der Waals surface area contributed by atoms with Crippen molar-refractivity contribution in [3.8, 4) is 11.5 Å². The highest BCUT2D eigenvalue weighted by atomic mass is 19.4. The van der Waals surface area contributed by atoms with Crippen molar-refractivity contribution in [2.24, 2.45) is 4.99 Å². The van der Waals surface area contributed by atoms with E-state index in [1.165, 1.54) is 18.0 Å². The van der Waals surface area contributed by atoms with Gasteiger partial charge in [-0.2, -0.15) is 18.2 Å². The zero-order valence-electron chi connectivity index (χ0n) is 25.0. The normalized spacial score (nSPS) is 14.1. The van der Waals surface area contributed by atoms with Crippen LogP contribution in [0.15, 0.2) is 23.2 Å². The molecule has 0 saturated heterocycles. The van der Waals surface area contributed by atoms with Crippen LogP contribution in [0.4, 0.5) is 18.9 Å². The molecule has 0 aliphatic carbocycles. The van der Waals surface area contributed by atoms with Gasteiger partial charge in [0.25, 0.3) is 5.91 Å². The first-order valence-corrected chi connectivity index (χ1v) is 13.4. The number of amidine groups is 1. The molecule has 3 rings (SSSR count). The fraction of sp³-hybridized carbons (Fsp3) is 0.483. The molecule has 0 fully saturated rings. The third-order valence-electron chi connectivity index (χ3n) is 6.44. The highest BCUT2D eigenvalue weighted by molar-refractivity contribution is 6.11. The van der Waals surface area contributed by atoms with E-state index in [1.54, 1.807) is 19.1 Å². The monoisotopic (exact) mass is 591 g/mol. The molecule has 2 heterocycles. The molecule has 42 heavy (non-hydrogen) atoms. The second-order valence-corrected chi connectivity index (χ2v) is 10.8. The summed E-state index contributed by atoms with van der Waals surface area (Å²) in [6.07, 6.45) is -5.25. The van der Waals surface area contributed by atoms with Crippen molar-refractivity contribution < 1.29 is 37.0 Å². The number of fused-ring (bicyclic) bond motifs is 1. The standard InChI is InChI=1S/C29H36F3N5O5/c1-9-41-21-13-17-14-37(25(35-27(40)29(30,31)32)22(17)34-23(21)26(39)33-6)15-20(38)16-11-18(28(3,4)5)24(42-10-2)19(12-16)36(7)8/h11-13H,9-10,14-15H2,1-8H3,(H,33,39)/b35-25-. The minimum Gasteiger partial charge on any atom is -0.491 e. The Kier molecular flexibility index (Phi) is 9.53. The highest BCUT2D eigenvalue weighted by Crippen LogP contribution is 2.40. The molecule has 1 aromatic carbocycles. The lowest BCUT2D eigenvalue weighted by Gasteiger charge is -2.28. The number of benzene rings is 1. The van der Waals surface area contributed by atoms with Gasteiger partial charge in [0, 0.05) is 44.4 Å². The van der Waals surface area contributed by atoms with Crippen LogP contribution in [0.3, 0.4) is 0 Å². The Balaban J connectivity index is 2.14. The average molecular weight is 592 g/mol. The number of ether oxygens (including phenoxy) is 2. The predicted octanol–water partition coefficient (Wildman–Crippen LogP) is 4.14. The molecule has 0 atom stereocenters. The number of alkyl halides is 3. The van der Waals surface area contributed by atoms with Gasteiger partial charge in [0.05, 0.1) is 25.4 Å². The lowest BCUT2D eigenvalue weighted by Crippen LogP contribution is -2.34. The van der Waals surface area contributed by atoms with Gasteiger partial charge in [-0.25, -0.2) is 4.98 Å². The summed E-state index contributed by atoms with van der Waals surface area (Å²) in [4.78, 5) is 48.8. The van der Waals surface area contributed by atoms with Crippen molar-refractivity contribution in [1.29, 1.82) is 0 Å². The highest BCUT2D eigenvalue weighted by Gasteiger charge is 2.41. The fourth-order valence-electron chi connectivity index (χ4n) is 4.46. The molecule has 0 radical (unpaired) electrons. The Morgan fingerprint density at radius 1 is 1.07 bits per heavy atom. The fourth-order valence-corrected chi connectivity index (χ4v) is 4.46. The molecule has 1 aliphatic rings. The summed E-state index contributed by atoms with van der Waals surface area (Å²) in [5.74, 6) is -3.13. The summed E-state index contributed by atoms with van der Waals surface area (Å²) in [6.45, 7) is 9.61. The molecule has 228 valence electrons. The number of anilines is 1. The Morgan fingerprint density at radius 2 is 1.71 bits per heavy atom. The molecule has 2 aromatic rings. The van der Waals surface area contributed by atoms with Crippen LogP contribution in [0, 0.1) is 0 Å². The lowest BCUT2D eigenvalue weighted by atomic mass is 9.84. The maximum atomic E-state index is 13.7. The van der Waals surface area contributed by atoms with Crippen molar-refractivity contribution in [2.45, 2.75) is 52.8 Å². The smallest absolute Gasteiger partial charge is 0.473 e. The molecule has 1 aliphatic heterocycles. The summed E-state index contributed by atoms with van der Waals surface area (Å²) >= 11 is 0. The molecule has 2 amide bonds. The minimum atomic E-state index is -5.25. The summed E-state index contributed by atoms with van der Waals surface area (Å²) < 4.78 is 51.3. The zero-order chi connectivity index (χ0) is 31.6. The number of Topliss-reactive ketones (excluding diaryl/α,β-unsaturated/α-hetero) is 1. The number of carbonyl (C=O) groups excluding carboxylic acids is 3. The van der Waals surface area contributed by atoms with Crippen LogP contribution in [-0.2, 0) is 16.8 Å². The summed E-state index contributed by atoms with van der Waals surface area (Å²) in [5, 5.41) is 2.41. The third-order valence-corrected chi connectivity index (χ3v) is 6.44. The quantitative estimate of drug-likeness (QED) is 0.433. The number of carbonyl (C=O) groups is 3. The van der Waals surface area contributed by atoms with Crippen LogP contribution in [0.25, 0.3) is 0 Å². The molecule has 0 spiro atoms. The van der Waals surface area contributed by atoms with Gasteiger partial charge in [-0.15, -0.1) is 0 Å². The summed E-state index contributed by atoms with van der Waals surface area (Å²) in [7, 11) is 4.99. The predicted molar refractivity (Wildman–Crippen MR) is 152 cm³/mol. The number of nitrogens with zero attached hydrogens (tertiary/aromatic N) is 4. The van der Waals surface area contributed by atoms with E-state index in [0.29, 0.717) is 29.2 Å². The average Bonchev–Trinajstić information content (AvgIpc) is 3.22. The van der Waals surface area contributed by atoms with E-state index < -0.39 is 41.6 Å². The molecule has 0 saturated carbocycles. The van der Waals surface area contributed by atoms with Crippen molar-refractivity contribution in [2.75, 3.05) is 45.8 Å². The van der Waals surface area contributed by atoms with Gasteiger partial charge < -0.3 is 24.6 Å². The number of nitrogens with one attached hydrogen (secondary N) is 1. The van der Waals surface area contributed by atoms with Gasteiger partial charge in [0.2, 0.25) is 0 Å². The van der Waals surface area contributed by atoms with Crippen LogP contribution in [-0.4, -0.2) is 80.4 Å². The second kappa shape index (κ2) is 12.4. The zero-order valence-corrected chi connectivity index (χ0v) is 25.0. The Hall–Kier alpha value is -4.16. The number of amides is 2. The van der Waals surface area contributed by atoms with E-state index >= 15 is 0 Å². The maximum absolute atomic E-state index is 13.7. The SMILES string of the molecule is CCOc1cc2c(nc1C(=O)NC)/C(=N/C(=O)C(F)(F)F)N(CC(=O)c1cc(N(C)C)c(OCC)c(C(C)(C)C)c1)C2. The summed E-state index contributed by atoms with van der Waals surface area (Å²) in [5.41, 5.74) is 1.40. The largest absolute Gasteiger partial charge is 0.491 e. The van der Waals surface area contributed by atoms with E-state index in [9.17, 15) is 27.6 Å². The van der Waals surface area contributed by atoms with Gasteiger partial charge >= 0.3 is 12.1 Å². The molecular weight excluding hydrogens is 555 g/mol. The number of pyridine rings is 1. The summed E-state index contributed by atoms with van der Waals surface area (Å²) in [6, 6.07) is 4.85. The van der Waals surface area contributed by atoms with Gasteiger partial charge in [0.15, 0.2) is 23.1 Å². The molecule has 0 unspecified atom stereocenters. The van der Waals surface area contributed by atoms with Crippen LogP contribution in [0.2, 0.25) is 0 Å². The topological polar surface area (TPSA) is 113 Å². The molecular formula is C29H36F3N5O5. The van der Waals surface area contributed by atoms with E-state index in [0.717, 1.165) is 5.56 Å². The molecule has 10 nitrogen and oxygen atoms in total. The molecule has 0 bridgehead atoms. The van der Waals surface area contributed by atoms with Crippen LogP contribution in [0.5, 0.6) is 11.5 Å². The van der Waals surface area contributed by atoms with Crippen molar-refractivity contribution >= 4 is 29.1 Å². The number of ketones is 1. The van der Waals surface area contributed by atoms with E-state index in [1.807, 2.05) is 46.7 Å².